The number of hydrogen-bond donors (Lipinski definition) is 0. The third-order valence-corrected chi connectivity index (χ3v) is 16.1. The van der Waals surface area contributed by atoms with Crippen LogP contribution in [0.3, 0.4) is 0 Å². The molecule has 1 unspecified atom stereocenters. The van der Waals surface area contributed by atoms with Gasteiger partial charge in [-0.1, -0.05) is 353 Å². The lowest BCUT2D eigenvalue weighted by Gasteiger charge is -2.18. The first-order valence-electron chi connectivity index (χ1n) is 35.5. The van der Waals surface area contributed by atoms with Crippen LogP contribution < -0.4 is 0 Å². The minimum atomic E-state index is -0.771. The molecule has 0 heterocycles. The van der Waals surface area contributed by atoms with Crippen LogP contribution in [0.1, 0.15) is 393 Å². The SMILES string of the molecule is CCCCCCC/C=C\C/C=C\C/C=C\CCCCCCCCCCCCC(=O)OCC(COC(=O)CCCCCCCCCCCCCCCCC)OC(=O)CCCCCCCCCCCCCCCCCCCCCCC. The average molecular weight is 1110 g/mol. The van der Waals surface area contributed by atoms with Gasteiger partial charge in [-0.3, -0.25) is 14.4 Å². The van der Waals surface area contributed by atoms with Gasteiger partial charge in [-0.15, -0.1) is 0 Å². The Morgan fingerprint density at radius 3 is 0.709 bits per heavy atom. The van der Waals surface area contributed by atoms with Gasteiger partial charge in [0.05, 0.1) is 0 Å². The molecule has 0 aliphatic heterocycles. The van der Waals surface area contributed by atoms with E-state index in [0.717, 1.165) is 70.6 Å². The van der Waals surface area contributed by atoms with Gasteiger partial charge in [-0.2, -0.15) is 0 Å². The normalized spacial score (nSPS) is 12.2. The lowest BCUT2D eigenvalue weighted by atomic mass is 10.0. The van der Waals surface area contributed by atoms with Gasteiger partial charge in [0, 0.05) is 19.3 Å². The molecule has 0 aromatic carbocycles. The van der Waals surface area contributed by atoms with Crippen LogP contribution in [-0.2, 0) is 28.6 Å². The van der Waals surface area contributed by atoms with Crippen LogP contribution >= 0.6 is 0 Å². The summed E-state index contributed by atoms with van der Waals surface area (Å²) in [6.07, 6.45) is 84.5. The van der Waals surface area contributed by atoms with E-state index in [9.17, 15) is 14.4 Å². The molecule has 464 valence electrons. The Morgan fingerprint density at radius 1 is 0.253 bits per heavy atom. The van der Waals surface area contributed by atoms with Crippen molar-refractivity contribution in [1.82, 2.24) is 0 Å². The molecule has 0 bridgehead atoms. The summed E-state index contributed by atoms with van der Waals surface area (Å²) in [5.74, 6) is -0.839. The third kappa shape index (κ3) is 66.3. The predicted octanol–water partition coefficient (Wildman–Crippen LogP) is 24.3. The first-order valence-corrected chi connectivity index (χ1v) is 35.5. The van der Waals surface area contributed by atoms with E-state index in [1.807, 2.05) is 0 Å². The number of rotatable bonds is 66. The smallest absolute Gasteiger partial charge is 0.306 e. The minimum absolute atomic E-state index is 0.0669. The molecule has 79 heavy (non-hydrogen) atoms. The average Bonchev–Trinajstić information content (AvgIpc) is 3.45. The Hall–Kier alpha value is -2.37. The zero-order chi connectivity index (χ0) is 57.1. The molecular formula is C73H136O6. The largest absolute Gasteiger partial charge is 0.462 e. The summed E-state index contributed by atoms with van der Waals surface area (Å²) < 4.78 is 17.0. The Balaban J connectivity index is 4.28. The van der Waals surface area contributed by atoms with Crippen LogP contribution in [0.5, 0.6) is 0 Å². The second kappa shape index (κ2) is 68.1. The second-order valence-electron chi connectivity index (χ2n) is 24.2. The number of carbonyl (C=O) groups excluding carboxylic acids is 3. The molecule has 0 saturated carbocycles. The van der Waals surface area contributed by atoms with Crippen LogP contribution in [0.25, 0.3) is 0 Å². The van der Waals surface area contributed by atoms with E-state index in [1.54, 1.807) is 0 Å². The highest BCUT2D eigenvalue weighted by Gasteiger charge is 2.19. The van der Waals surface area contributed by atoms with Crippen molar-refractivity contribution in [2.75, 3.05) is 13.2 Å². The molecule has 0 saturated heterocycles. The van der Waals surface area contributed by atoms with Crippen molar-refractivity contribution in [2.45, 2.75) is 399 Å². The highest BCUT2D eigenvalue weighted by atomic mass is 16.6. The fraction of sp³-hybridized carbons (Fsp3) is 0.877. The summed E-state index contributed by atoms with van der Waals surface area (Å²) in [5, 5.41) is 0. The van der Waals surface area contributed by atoms with E-state index in [-0.39, 0.29) is 31.1 Å². The van der Waals surface area contributed by atoms with Crippen LogP contribution in [-0.4, -0.2) is 37.2 Å². The number of allylic oxidation sites excluding steroid dienone is 6. The van der Waals surface area contributed by atoms with E-state index in [1.165, 1.54) is 283 Å². The molecule has 0 spiro atoms. The maximum atomic E-state index is 13.0. The van der Waals surface area contributed by atoms with Crippen LogP contribution in [0.15, 0.2) is 36.5 Å². The Labute approximate surface area is 493 Å². The zero-order valence-electron chi connectivity index (χ0n) is 53.4. The summed E-state index contributed by atoms with van der Waals surface area (Å²) in [5.41, 5.74) is 0. The first-order chi connectivity index (χ1) is 39.0. The highest BCUT2D eigenvalue weighted by molar-refractivity contribution is 5.71. The first kappa shape index (κ1) is 76.6. The lowest BCUT2D eigenvalue weighted by Crippen LogP contribution is -2.30. The van der Waals surface area contributed by atoms with E-state index in [2.05, 4.69) is 57.2 Å². The molecule has 0 fully saturated rings. The molecule has 0 N–H and O–H groups in total. The number of esters is 3. The predicted molar refractivity (Wildman–Crippen MR) is 344 cm³/mol. The van der Waals surface area contributed by atoms with Crippen molar-refractivity contribution in [3.05, 3.63) is 36.5 Å². The Kier molecular flexibility index (Phi) is 66.1. The van der Waals surface area contributed by atoms with Gasteiger partial charge < -0.3 is 14.2 Å². The number of ether oxygens (including phenoxy) is 3. The van der Waals surface area contributed by atoms with Crippen LogP contribution in [0, 0.1) is 0 Å². The van der Waals surface area contributed by atoms with Gasteiger partial charge in [0.2, 0.25) is 0 Å². The summed E-state index contributed by atoms with van der Waals surface area (Å²) >= 11 is 0. The number of hydrogen-bond acceptors (Lipinski definition) is 6. The van der Waals surface area contributed by atoms with Crippen molar-refractivity contribution in [3.63, 3.8) is 0 Å². The molecule has 6 nitrogen and oxygen atoms in total. The molecule has 0 aromatic heterocycles. The Bertz CT molecular complexity index is 1320. The number of unbranched alkanes of at least 4 members (excludes halogenated alkanes) is 49. The monoisotopic (exact) mass is 1110 g/mol. The Morgan fingerprint density at radius 2 is 0.456 bits per heavy atom. The number of carbonyl (C=O) groups is 3. The molecule has 0 aliphatic carbocycles. The van der Waals surface area contributed by atoms with Crippen molar-refractivity contribution >= 4 is 17.9 Å². The standard InChI is InChI=1S/C73H136O6/c1-4-7-10-13-16-19-22-25-28-30-32-34-35-36-37-39-40-42-45-48-51-54-57-60-63-66-72(75)78-69-70(68-77-71(74)65-62-59-56-53-50-47-44-27-24-21-18-15-12-9-6-3)79-73(76)67-64-61-58-55-52-49-46-43-41-38-33-31-29-26-23-20-17-14-11-8-5-2/h22,25,30,32,35-36,70H,4-21,23-24,26-29,31,33-34,37-69H2,1-3H3/b25-22-,32-30-,36-35-. The summed E-state index contributed by atoms with van der Waals surface area (Å²) in [4.78, 5) is 38.5. The second-order valence-corrected chi connectivity index (χ2v) is 24.2. The van der Waals surface area contributed by atoms with Gasteiger partial charge in [0.15, 0.2) is 6.10 Å². The van der Waals surface area contributed by atoms with E-state index >= 15 is 0 Å². The van der Waals surface area contributed by atoms with Crippen molar-refractivity contribution in [2.24, 2.45) is 0 Å². The van der Waals surface area contributed by atoms with Crippen molar-refractivity contribution < 1.29 is 28.6 Å². The molecule has 0 aromatic rings. The quantitative estimate of drug-likeness (QED) is 0.0261. The molecule has 0 radical (unpaired) electrons. The zero-order valence-corrected chi connectivity index (χ0v) is 53.4. The van der Waals surface area contributed by atoms with Gasteiger partial charge in [-0.05, 0) is 57.8 Å². The highest BCUT2D eigenvalue weighted by Crippen LogP contribution is 2.19. The molecule has 0 amide bonds. The van der Waals surface area contributed by atoms with Gasteiger partial charge in [0.1, 0.15) is 13.2 Å². The molecule has 1 atom stereocenters. The fourth-order valence-corrected chi connectivity index (χ4v) is 10.8. The van der Waals surface area contributed by atoms with Crippen molar-refractivity contribution in [1.29, 1.82) is 0 Å². The van der Waals surface area contributed by atoms with Crippen LogP contribution in [0.2, 0.25) is 0 Å². The van der Waals surface area contributed by atoms with Gasteiger partial charge in [-0.25, -0.2) is 0 Å². The molecule has 0 rings (SSSR count). The van der Waals surface area contributed by atoms with Crippen LogP contribution in [0.4, 0.5) is 0 Å². The maximum Gasteiger partial charge on any atom is 0.306 e. The molecule has 6 heteroatoms. The fourth-order valence-electron chi connectivity index (χ4n) is 10.8. The summed E-state index contributed by atoms with van der Waals surface area (Å²) in [6, 6.07) is 0. The van der Waals surface area contributed by atoms with E-state index in [0.29, 0.717) is 19.3 Å². The topological polar surface area (TPSA) is 78.9 Å². The van der Waals surface area contributed by atoms with Gasteiger partial charge in [0.25, 0.3) is 0 Å². The maximum absolute atomic E-state index is 13.0. The molecule has 0 aliphatic rings. The van der Waals surface area contributed by atoms with Crippen molar-refractivity contribution in [3.8, 4) is 0 Å². The van der Waals surface area contributed by atoms with E-state index < -0.39 is 6.10 Å². The third-order valence-electron chi connectivity index (χ3n) is 16.1. The van der Waals surface area contributed by atoms with Gasteiger partial charge >= 0.3 is 17.9 Å². The van der Waals surface area contributed by atoms with E-state index in [4.69, 9.17) is 14.2 Å². The molecular weight excluding hydrogens is 973 g/mol. The lowest BCUT2D eigenvalue weighted by molar-refractivity contribution is -0.167. The summed E-state index contributed by atoms with van der Waals surface area (Å²) in [7, 11) is 0. The minimum Gasteiger partial charge on any atom is -0.462 e. The summed E-state index contributed by atoms with van der Waals surface area (Å²) in [6.45, 7) is 6.71.